The second kappa shape index (κ2) is 6.53. The van der Waals surface area contributed by atoms with E-state index in [0.717, 1.165) is 29.0 Å². The minimum Gasteiger partial charge on any atom is -0.477 e. The van der Waals surface area contributed by atoms with Gasteiger partial charge in [0.2, 0.25) is 5.43 Å². The molecule has 0 amide bonds. The second-order valence-corrected chi connectivity index (χ2v) is 6.07. The van der Waals surface area contributed by atoms with Gasteiger partial charge in [-0.15, -0.1) is 0 Å². The number of carboxylic acids is 1. The predicted octanol–water partition coefficient (Wildman–Crippen LogP) is 2.28. The van der Waals surface area contributed by atoms with Gasteiger partial charge in [0.25, 0.3) is 0 Å². The molecule has 2 aromatic carbocycles. The molecule has 0 atom stereocenters. The Morgan fingerprint density at radius 1 is 1.19 bits per heavy atom. The monoisotopic (exact) mass is 395 g/mol. The van der Waals surface area contributed by atoms with Gasteiger partial charge < -0.3 is 26.2 Å². The molecule has 0 aliphatic heterocycles. The maximum absolute atomic E-state index is 14.0. The standard InChI is InChI=1S/C17H12ClF2N3O4/c18-13-14(22)10(20)2-7-15(13)23(4-8(16(7)25)17(26)27)12-3-11(21)9(19)1-6(12)5-24/h1-4,24H,5,21-22H2,(H,26,27). The Morgan fingerprint density at radius 3 is 2.44 bits per heavy atom. The molecule has 0 saturated carbocycles. The molecule has 0 aliphatic carbocycles. The Labute approximate surface area is 155 Å². The number of aliphatic hydroxyl groups is 1. The molecule has 1 aromatic heterocycles. The zero-order valence-electron chi connectivity index (χ0n) is 13.5. The van der Waals surface area contributed by atoms with Gasteiger partial charge in [0.05, 0.1) is 39.6 Å². The summed E-state index contributed by atoms with van der Waals surface area (Å²) in [6.45, 7) is -0.628. The fraction of sp³-hybridized carbons (Fsp3) is 0.0588. The lowest BCUT2D eigenvalue weighted by molar-refractivity contribution is 0.0695. The van der Waals surface area contributed by atoms with Crippen molar-refractivity contribution in [2.24, 2.45) is 0 Å². The molecular formula is C17H12ClF2N3O4. The largest absolute Gasteiger partial charge is 0.477 e. The highest BCUT2D eigenvalue weighted by Gasteiger charge is 2.22. The molecule has 3 rings (SSSR count). The summed E-state index contributed by atoms with van der Waals surface area (Å²) >= 11 is 6.12. The number of aromatic nitrogens is 1. The zero-order chi connectivity index (χ0) is 20.0. The summed E-state index contributed by atoms with van der Waals surface area (Å²) in [6.07, 6.45) is 0.933. The van der Waals surface area contributed by atoms with Crippen LogP contribution >= 0.6 is 11.6 Å². The van der Waals surface area contributed by atoms with Gasteiger partial charge in [-0.3, -0.25) is 4.79 Å². The Morgan fingerprint density at radius 2 is 1.85 bits per heavy atom. The number of hydrogen-bond acceptors (Lipinski definition) is 5. The number of anilines is 2. The summed E-state index contributed by atoms with van der Waals surface area (Å²) < 4.78 is 28.9. The van der Waals surface area contributed by atoms with E-state index in [1.54, 1.807) is 0 Å². The van der Waals surface area contributed by atoms with Crippen molar-refractivity contribution in [2.45, 2.75) is 6.61 Å². The van der Waals surface area contributed by atoms with E-state index in [1.165, 1.54) is 0 Å². The first-order chi connectivity index (χ1) is 12.7. The molecular weight excluding hydrogens is 384 g/mol. The van der Waals surface area contributed by atoms with Gasteiger partial charge >= 0.3 is 5.97 Å². The van der Waals surface area contributed by atoms with Crippen LogP contribution in [0.3, 0.4) is 0 Å². The normalized spacial score (nSPS) is 11.1. The zero-order valence-corrected chi connectivity index (χ0v) is 14.2. The van der Waals surface area contributed by atoms with Gasteiger partial charge in [0.1, 0.15) is 17.2 Å². The van der Waals surface area contributed by atoms with E-state index in [4.69, 9.17) is 23.1 Å². The van der Waals surface area contributed by atoms with E-state index < -0.39 is 40.9 Å². The molecule has 0 fully saturated rings. The van der Waals surface area contributed by atoms with Crippen molar-refractivity contribution in [1.29, 1.82) is 0 Å². The number of rotatable bonds is 3. The summed E-state index contributed by atoms with van der Waals surface area (Å²) in [7, 11) is 0. The topological polar surface area (TPSA) is 132 Å². The lowest BCUT2D eigenvalue weighted by Gasteiger charge is -2.18. The minimum absolute atomic E-state index is 0.0296. The third kappa shape index (κ3) is 2.86. The second-order valence-electron chi connectivity index (χ2n) is 5.69. The van der Waals surface area contributed by atoms with E-state index in [9.17, 15) is 28.6 Å². The number of pyridine rings is 1. The highest BCUT2D eigenvalue weighted by Crippen LogP contribution is 2.33. The third-order valence-corrected chi connectivity index (χ3v) is 4.46. The number of nitrogens with two attached hydrogens (primary N) is 2. The highest BCUT2D eigenvalue weighted by atomic mass is 35.5. The van der Waals surface area contributed by atoms with Gasteiger partial charge in [-0.25, -0.2) is 13.6 Å². The molecule has 140 valence electrons. The number of carbonyl (C=O) groups is 1. The molecule has 0 spiro atoms. The highest BCUT2D eigenvalue weighted by molar-refractivity contribution is 6.37. The number of hydrogen-bond donors (Lipinski definition) is 4. The van der Waals surface area contributed by atoms with Gasteiger partial charge in [0.15, 0.2) is 0 Å². The molecule has 1 heterocycles. The molecule has 7 nitrogen and oxygen atoms in total. The first kappa shape index (κ1) is 18.6. The van der Waals surface area contributed by atoms with E-state index in [0.29, 0.717) is 0 Å². The SMILES string of the molecule is Nc1cc(-n2cc(C(=O)O)c(=O)c3cc(F)c(N)c(Cl)c32)c(CO)cc1F. The average molecular weight is 396 g/mol. The van der Waals surface area contributed by atoms with Crippen LogP contribution in [0.25, 0.3) is 16.6 Å². The van der Waals surface area contributed by atoms with Crippen LogP contribution in [0.5, 0.6) is 0 Å². The number of nitrogens with zero attached hydrogens (tertiary/aromatic N) is 1. The van der Waals surface area contributed by atoms with Crippen LogP contribution < -0.4 is 16.9 Å². The molecule has 27 heavy (non-hydrogen) atoms. The number of nitrogen functional groups attached to an aromatic ring is 2. The molecule has 0 aliphatic rings. The number of fused-ring (bicyclic) bond motifs is 1. The number of aromatic carboxylic acids is 1. The van der Waals surface area contributed by atoms with Crippen molar-refractivity contribution in [1.82, 2.24) is 4.57 Å². The predicted molar refractivity (Wildman–Crippen MR) is 96.2 cm³/mol. The lowest BCUT2D eigenvalue weighted by atomic mass is 10.1. The Bertz CT molecular complexity index is 1180. The van der Waals surface area contributed by atoms with Gasteiger partial charge in [-0.1, -0.05) is 11.6 Å². The fourth-order valence-electron chi connectivity index (χ4n) is 2.74. The van der Waals surface area contributed by atoms with Crippen LogP contribution in [0.15, 0.2) is 29.2 Å². The molecule has 10 heteroatoms. The molecule has 0 bridgehead atoms. The molecule has 0 saturated heterocycles. The van der Waals surface area contributed by atoms with E-state index in [2.05, 4.69) is 0 Å². The van der Waals surface area contributed by atoms with Crippen molar-refractivity contribution in [3.63, 3.8) is 0 Å². The maximum Gasteiger partial charge on any atom is 0.341 e. The van der Waals surface area contributed by atoms with Crippen molar-refractivity contribution < 1.29 is 23.8 Å². The van der Waals surface area contributed by atoms with Crippen molar-refractivity contribution in [2.75, 3.05) is 11.5 Å². The van der Waals surface area contributed by atoms with Crippen LogP contribution in [-0.4, -0.2) is 20.7 Å². The van der Waals surface area contributed by atoms with E-state index in [-0.39, 0.29) is 32.9 Å². The number of benzene rings is 2. The molecule has 0 radical (unpaired) electrons. The first-order valence-electron chi connectivity index (χ1n) is 7.42. The Hall–Kier alpha value is -3.17. The number of aliphatic hydroxyl groups excluding tert-OH is 1. The van der Waals surface area contributed by atoms with Crippen LogP contribution in [-0.2, 0) is 6.61 Å². The van der Waals surface area contributed by atoms with Crippen LogP contribution in [0.2, 0.25) is 5.02 Å². The molecule has 0 unspecified atom stereocenters. The van der Waals surface area contributed by atoms with Gasteiger partial charge in [-0.05, 0) is 18.2 Å². The maximum atomic E-state index is 14.0. The van der Waals surface area contributed by atoms with E-state index >= 15 is 0 Å². The Balaban J connectivity index is 2.59. The fourth-order valence-corrected chi connectivity index (χ4v) is 3.02. The number of carboxylic acid groups (broad SMARTS) is 1. The minimum atomic E-state index is -1.57. The Kier molecular flexibility index (Phi) is 4.50. The van der Waals surface area contributed by atoms with Crippen molar-refractivity contribution in [3.8, 4) is 5.69 Å². The first-order valence-corrected chi connectivity index (χ1v) is 7.80. The summed E-state index contributed by atoms with van der Waals surface area (Å²) in [6, 6.07) is 2.86. The van der Waals surface area contributed by atoms with Gasteiger partial charge in [0, 0.05) is 11.8 Å². The van der Waals surface area contributed by atoms with Crippen LogP contribution in [0.1, 0.15) is 15.9 Å². The third-order valence-electron chi connectivity index (χ3n) is 4.07. The quantitative estimate of drug-likeness (QED) is 0.503. The average Bonchev–Trinajstić information content (AvgIpc) is 2.62. The summed E-state index contributed by atoms with van der Waals surface area (Å²) in [5.41, 5.74) is 8.74. The number of halogens is 3. The smallest absolute Gasteiger partial charge is 0.341 e. The van der Waals surface area contributed by atoms with Crippen molar-refractivity contribution >= 4 is 39.8 Å². The van der Waals surface area contributed by atoms with Crippen molar-refractivity contribution in [3.05, 3.63) is 62.4 Å². The molecule has 6 N–H and O–H groups in total. The summed E-state index contributed by atoms with van der Waals surface area (Å²) in [5, 5.41) is 18.2. The van der Waals surface area contributed by atoms with Gasteiger partial charge in [-0.2, -0.15) is 0 Å². The summed E-state index contributed by atoms with van der Waals surface area (Å²) in [4.78, 5) is 23.9. The van der Waals surface area contributed by atoms with Crippen LogP contribution in [0.4, 0.5) is 20.2 Å². The van der Waals surface area contributed by atoms with Crippen LogP contribution in [0, 0.1) is 11.6 Å². The summed E-state index contributed by atoms with van der Waals surface area (Å²) in [5.74, 6) is -3.37. The lowest BCUT2D eigenvalue weighted by Crippen LogP contribution is -2.20. The molecule has 3 aromatic rings. The van der Waals surface area contributed by atoms with E-state index in [1.807, 2.05) is 0 Å².